The van der Waals surface area contributed by atoms with Crippen LogP contribution in [0.25, 0.3) is 0 Å². The van der Waals surface area contributed by atoms with E-state index >= 15 is 0 Å². The summed E-state index contributed by atoms with van der Waals surface area (Å²) in [4.78, 5) is 24.7. The summed E-state index contributed by atoms with van der Waals surface area (Å²) in [7, 11) is 0. The van der Waals surface area contributed by atoms with Crippen LogP contribution in [0.3, 0.4) is 0 Å². The number of unbranched alkanes of at least 4 members (excludes halogenated alkanes) is 1. The summed E-state index contributed by atoms with van der Waals surface area (Å²) < 4.78 is 0. The van der Waals surface area contributed by atoms with Crippen LogP contribution in [-0.2, 0) is 11.2 Å². The summed E-state index contributed by atoms with van der Waals surface area (Å²) >= 11 is 1.37. The highest BCUT2D eigenvalue weighted by molar-refractivity contribution is 7.15. The first-order chi connectivity index (χ1) is 12.5. The molecule has 140 valence electrons. The number of nitrogens with zero attached hydrogens (tertiary/aromatic N) is 2. The second-order valence-electron chi connectivity index (χ2n) is 6.28. The fourth-order valence-electron chi connectivity index (χ4n) is 2.28. The van der Waals surface area contributed by atoms with Gasteiger partial charge in [0.25, 0.3) is 0 Å². The highest BCUT2D eigenvalue weighted by Crippen LogP contribution is 2.18. The van der Waals surface area contributed by atoms with Crippen LogP contribution in [0.15, 0.2) is 30.3 Å². The average Bonchev–Trinajstić information content (AvgIpc) is 3.05. The Morgan fingerprint density at radius 3 is 2.50 bits per heavy atom. The van der Waals surface area contributed by atoms with Gasteiger partial charge in [-0.15, -0.1) is 10.2 Å². The molecule has 1 unspecified atom stereocenters. The van der Waals surface area contributed by atoms with Gasteiger partial charge in [0.15, 0.2) is 0 Å². The van der Waals surface area contributed by atoms with Gasteiger partial charge in [-0.05, 0) is 24.5 Å². The van der Waals surface area contributed by atoms with Crippen LogP contribution in [0.5, 0.6) is 0 Å². The van der Waals surface area contributed by atoms with E-state index in [1.807, 2.05) is 32.0 Å². The molecule has 0 aliphatic carbocycles. The number of hydrogen-bond donors (Lipinski definition) is 3. The Bertz CT molecular complexity index is 717. The van der Waals surface area contributed by atoms with E-state index in [-0.39, 0.29) is 11.8 Å². The molecule has 0 saturated carbocycles. The Morgan fingerprint density at radius 1 is 1.12 bits per heavy atom. The molecule has 1 aromatic heterocycles. The summed E-state index contributed by atoms with van der Waals surface area (Å²) in [6.45, 7) is 5.86. The molecular formula is C18H25N5O2S. The molecule has 1 aromatic carbocycles. The van der Waals surface area contributed by atoms with Gasteiger partial charge >= 0.3 is 6.03 Å². The maximum absolute atomic E-state index is 12.6. The summed E-state index contributed by atoms with van der Waals surface area (Å²) in [5, 5.41) is 17.6. The van der Waals surface area contributed by atoms with Crippen molar-refractivity contribution >= 4 is 34.1 Å². The normalized spacial score (nSPS) is 11.8. The van der Waals surface area contributed by atoms with Crippen molar-refractivity contribution < 1.29 is 9.59 Å². The second-order valence-corrected chi connectivity index (χ2v) is 7.34. The highest BCUT2D eigenvalue weighted by Gasteiger charge is 2.25. The molecule has 7 nitrogen and oxygen atoms in total. The van der Waals surface area contributed by atoms with Crippen molar-refractivity contribution in [3.63, 3.8) is 0 Å². The number of urea groups is 1. The minimum atomic E-state index is -0.679. The van der Waals surface area contributed by atoms with E-state index in [9.17, 15) is 9.59 Å². The SMILES string of the molecule is CCCCc1nnc(NC(=O)C(NC(=O)Nc2ccccc2)C(C)C)s1. The summed E-state index contributed by atoms with van der Waals surface area (Å²) in [5.74, 6) is -0.384. The molecule has 1 heterocycles. The summed E-state index contributed by atoms with van der Waals surface area (Å²) in [6.07, 6.45) is 2.98. The Morgan fingerprint density at radius 2 is 1.85 bits per heavy atom. The van der Waals surface area contributed by atoms with Gasteiger partial charge in [0.2, 0.25) is 11.0 Å². The minimum absolute atomic E-state index is 0.0796. The van der Waals surface area contributed by atoms with Crippen LogP contribution in [-0.4, -0.2) is 28.2 Å². The Hall–Kier alpha value is -2.48. The number of amides is 3. The molecule has 0 saturated heterocycles. The second kappa shape index (κ2) is 9.86. The number of benzene rings is 1. The molecule has 0 radical (unpaired) electrons. The molecule has 26 heavy (non-hydrogen) atoms. The lowest BCUT2D eigenvalue weighted by Crippen LogP contribution is -2.48. The van der Waals surface area contributed by atoms with E-state index in [1.54, 1.807) is 12.1 Å². The highest BCUT2D eigenvalue weighted by atomic mass is 32.1. The lowest BCUT2D eigenvalue weighted by molar-refractivity contribution is -0.118. The number of hydrogen-bond acceptors (Lipinski definition) is 5. The van der Waals surface area contributed by atoms with Gasteiger partial charge in [0.05, 0.1) is 0 Å². The van der Waals surface area contributed by atoms with E-state index in [2.05, 4.69) is 33.1 Å². The topological polar surface area (TPSA) is 96.0 Å². The van der Waals surface area contributed by atoms with Gasteiger partial charge in [0.1, 0.15) is 11.0 Å². The zero-order valence-corrected chi connectivity index (χ0v) is 16.1. The van der Waals surface area contributed by atoms with Gasteiger partial charge in [-0.2, -0.15) is 0 Å². The Labute approximate surface area is 157 Å². The molecule has 3 amide bonds. The monoisotopic (exact) mass is 375 g/mol. The number of carbonyl (C=O) groups is 2. The van der Waals surface area contributed by atoms with E-state index in [0.717, 1.165) is 24.3 Å². The van der Waals surface area contributed by atoms with Crippen molar-refractivity contribution in [2.75, 3.05) is 10.6 Å². The van der Waals surface area contributed by atoms with Crippen LogP contribution in [0, 0.1) is 5.92 Å². The van der Waals surface area contributed by atoms with Crippen molar-refractivity contribution in [3.8, 4) is 0 Å². The van der Waals surface area contributed by atoms with E-state index in [1.165, 1.54) is 11.3 Å². The smallest absolute Gasteiger partial charge is 0.319 e. The quantitative estimate of drug-likeness (QED) is 0.656. The third kappa shape index (κ3) is 6.11. The van der Waals surface area contributed by atoms with E-state index in [4.69, 9.17) is 0 Å². The van der Waals surface area contributed by atoms with Crippen molar-refractivity contribution in [1.29, 1.82) is 0 Å². The van der Waals surface area contributed by atoms with Crippen molar-refractivity contribution in [2.24, 2.45) is 5.92 Å². The third-order valence-electron chi connectivity index (χ3n) is 3.71. The molecule has 0 bridgehead atoms. The number of nitrogens with one attached hydrogen (secondary N) is 3. The van der Waals surface area contributed by atoms with Crippen molar-refractivity contribution in [2.45, 2.75) is 46.1 Å². The number of aryl methyl sites for hydroxylation is 1. The van der Waals surface area contributed by atoms with Crippen LogP contribution >= 0.6 is 11.3 Å². The number of para-hydroxylation sites is 1. The predicted molar refractivity (Wildman–Crippen MR) is 104 cm³/mol. The first-order valence-corrected chi connectivity index (χ1v) is 9.57. The van der Waals surface area contributed by atoms with Gasteiger partial charge in [-0.1, -0.05) is 56.7 Å². The molecular weight excluding hydrogens is 350 g/mol. The predicted octanol–water partition coefficient (Wildman–Crippen LogP) is 3.67. The molecule has 2 aromatic rings. The third-order valence-corrected chi connectivity index (χ3v) is 4.61. The molecule has 0 aliphatic rings. The Balaban J connectivity index is 1.94. The molecule has 1 atom stereocenters. The number of anilines is 2. The van der Waals surface area contributed by atoms with Crippen molar-refractivity contribution in [1.82, 2.24) is 15.5 Å². The summed E-state index contributed by atoms with van der Waals surface area (Å²) in [6, 6.07) is 7.98. The van der Waals surface area contributed by atoms with Crippen LogP contribution in [0.4, 0.5) is 15.6 Å². The molecule has 0 aliphatic heterocycles. The fourth-order valence-corrected chi connectivity index (χ4v) is 3.07. The maximum Gasteiger partial charge on any atom is 0.319 e. The first kappa shape index (κ1) is 19.8. The first-order valence-electron chi connectivity index (χ1n) is 8.75. The summed E-state index contributed by atoms with van der Waals surface area (Å²) in [5.41, 5.74) is 0.664. The fraction of sp³-hybridized carbons (Fsp3) is 0.444. The van der Waals surface area contributed by atoms with Gasteiger partial charge in [0, 0.05) is 12.1 Å². The number of carbonyl (C=O) groups excluding carboxylic acids is 2. The van der Waals surface area contributed by atoms with E-state index < -0.39 is 12.1 Å². The standard InChI is InChI=1S/C18H25N5O2S/c1-4-5-11-14-22-23-18(26-14)21-16(24)15(12(2)3)20-17(25)19-13-9-7-6-8-10-13/h6-10,12,15H,4-5,11H2,1-3H3,(H2,19,20,25)(H,21,23,24). The van der Waals surface area contributed by atoms with Crippen LogP contribution in [0.2, 0.25) is 0 Å². The lowest BCUT2D eigenvalue weighted by atomic mass is 10.0. The molecule has 8 heteroatoms. The zero-order valence-electron chi connectivity index (χ0n) is 15.3. The van der Waals surface area contributed by atoms with Crippen molar-refractivity contribution in [3.05, 3.63) is 35.3 Å². The minimum Gasteiger partial charge on any atom is -0.326 e. The largest absolute Gasteiger partial charge is 0.326 e. The maximum atomic E-state index is 12.6. The average molecular weight is 375 g/mol. The number of rotatable bonds is 8. The van der Waals surface area contributed by atoms with Gasteiger partial charge in [-0.3, -0.25) is 10.1 Å². The Kier molecular flexibility index (Phi) is 7.53. The van der Waals surface area contributed by atoms with Gasteiger partial charge in [-0.25, -0.2) is 4.79 Å². The molecule has 0 spiro atoms. The zero-order chi connectivity index (χ0) is 18.9. The molecule has 2 rings (SSSR count). The van der Waals surface area contributed by atoms with E-state index in [0.29, 0.717) is 10.8 Å². The van der Waals surface area contributed by atoms with Crippen LogP contribution in [0.1, 0.15) is 38.6 Å². The number of aromatic nitrogens is 2. The van der Waals surface area contributed by atoms with Gasteiger partial charge < -0.3 is 10.6 Å². The lowest BCUT2D eigenvalue weighted by Gasteiger charge is -2.21. The van der Waals surface area contributed by atoms with Crippen LogP contribution < -0.4 is 16.0 Å². The molecule has 3 N–H and O–H groups in total. The molecule has 0 fully saturated rings.